The SMILES string of the molecule is CN/C(C)=C(/CCOc1cc(Cl)ccc1-c1ccc(=N)n(C(=N)CN(C)C)c1)C(C)=N. The fourth-order valence-electron chi connectivity index (χ4n) is 3.18. The Hall–Kier alpha value is -2.90. The van der Waals surface area contributed by atoms with E-state index >= 15 is 0 Å². The van der Waals surface area contributed by atoms with E-state index in [2.05, 4.69) is 5.32 Å². The van der Waals surface area contributed by atoms with E-state index in [1.807, 2.05) is 45.1 Å². The number of pyridine rings is 1. The van der Waals surface area contributed by atoms with Gasteiger partial charge >= 0.3 is 0 Å². The minimum absolute atomic E-state index is 0.241. The highest BCUT2D eigenvalue weighted by Gasteiger charge is 2.12. The number of halogens is 1. The molecule has 2 rings (SSSR count). The van der Waals surface area contributed by atoms with Gasteiger partial charge in [-0.05, 0) is 63.8 Å². The Kier molecular flexibility index (Phi) is 8.59. The molecule has 0 saturated carbocycles. The topological polar surface area (TPSA) is 101 Å². The number of benzene rings is 1. The average Bonchev–Trinajstić information content (AvgIpc) is 2.70. The first-order chi connectivity index (χ1) is 14.6. The van der Waals surface area contributed by atoms with Crippen molar-refractivity contribution in [1.82, 2.24) is 14.8 Å². The number of ether oxygens (including phenoxy) is 1. The predicted molar refractivity (Wildman–Crippen MR) is 128 cm³/mol. The molecule has 0 unspecified atom stereocenters. The summed E-state index contributed by atoms with van der Waals surface area (Å²) in [5.41, 5.74) is 4.28. The highest BCUT2D eigenvalue weighted by atomic mass is 35.5. The van der Waals surface area contributed by atoms with Gasteiger partial charge in [0, 0.05) is 47.2 Å². The van der Waals surface area contributed by atoms with Crippen LogP contribution in [0.3, 0.4) is 0 Å². The number of likely N-dealkylation sites (N-methyl/N-ethyl adjacent to an activating group) is 1. The zero-order chi connectivity index (χ0) is 23.1. The summed E-state index contributed by atoms with van der Waals surface area (Å²) in [7, 11) is 5.62. The normalized spacial score (nSPS) is 11.8. The van der Waals surface area contributed by atoms with Crippen LogP contribution in [0.2, 0.25) is 5.02 Å². The fourth-order valence-corrected chi connectivity index (χ4v) is 3.35. The average molecular weight is 443 g/mol. The van der Waals surface area contributed by atoms with Gasteiger partial charge in [0.1, 0.15) is 17.1 Å². The number of hydrogen-bond acceptors (Lipinski definition) is 6. The Morgan fingerprint density at radius 2 is 1.87 bits per heavy atom. The van der Waals surface area contributed by atoms with Gasteiger partial charge in [-0.15, -0.1) is 0 Å². The van der Waals surface area contributed by atoms with Gasteiger partial charge < -0.3 is 20.4 Å². The van der Waals surface area contributed by atoms with E-state index in [-0.39, 0.29) is 5.49 Å². The van der Waals surface area contributed by atoms with E-state index in [1.54, 1.807) is 35.9 Å². The van der Waals surface area contributed by atoms with Crippen LogP contribution in [-0.2, 0) is 0 Å². The highest BCUT2D eigenvalue weighted by Crippen LogP contribution is 2.32. The lowest BCUT2D eigenvalue weighted by Crippen LogP contribution is -2.33. The lowest BCUT2D eigenvalue weighted by atomic mass is 10.1. The van der Waals surface area contributed by atoms with Gasteiger partial charge in [-0.25, -0.2) is 0 Å². The molecule has 7 nitrogen and oxygen atoms in total. The van der Waals surface area contributed by atoms with E-state index in [1.165, 1.54) is 0 Å². The lowest BCUT2D eigenvalue weighted by Gasteiger charge is -2.17. The smallest absolute Gasteiger partial charge is 0.130 e. The zero-order valence-corrected chi connectivity index (χ0v) is 19.5. The molecule has 8 heteroatoms. The first kappa shape index (κ1) is 24.4. The molecule has 31 heavy (non-hydrogen) atoms. The first-order valence-corrected chi connectivity index (χ1v) is 10.4. The minimum atomic E-state index is 0.241. The maximum Gasteiger partial charge on any atom is 0.130 e. The lowest BCUT2D eigenvalue weighted by molar-refractivity contribution is 0.324. The van der Waals surface area contributed by atoms with E-state index in [0.717, 1.165) is 22.4 Å². The molecule has 0 saturated heterocycles. The summed E-state index contributed by atoms with van der Waals surface area (Å²) in [5, 5.41) is 28.1. The van der Waals surface area contributed by atoms with Crippen molar-refractivity contribution in [2.45, 2.75) is 20.3 Å². The molecule has 2 aromatic rings. The van der Waals surface area contributed by atoms with E-state index in [9.17, 15) is 0 Å². The Labute approximate surface area is 188 Å². The highest BCUT2D eigenvalue weighted by molar-refractivity contribution is 6.30. The van der Waals surface area contributed by atoms with Crippen molar-refractivity contribution in [2.24, 2.45) is 0 Å². The Morgan fingerprint density at radius 3 is 2.48 bits per heavy atom. The standard InChI is InChI=1S/C23H31ClN6O/c1-15(25)19(16(2)28-3)10-11-31-21-12-18(24)7-8-20(21)17-6-9-22(26)30(13-17)23(27)14-29(4)5/h6-9,12-13,25-28H,10-11,14H2,1-5H3/b19-16-,25-15?,26-22?,27-23?. The summed E-state index contributed by atoms with van der Waals surface area (Å²) < 4.78 is 7.64. The van der Waals surface area contributed by atoms with Crippen molar-refractivity contribution in [2.75, 3.05) is 34.3 Å². The van der Waals surface area contributed by atoms with E-state index in [4.69, 9.17) is 32.6 Å². The Bertz CT molecular complexity index is 1050. The van der Waals surface area contributed by atoms with Crippen molar-refractivity contribution < 1.29 is 4.74 Å². The van der Waals surface area contributed by atoms with Gasteiger partial charge in [0.25, 0.3) is 0 Å². The van der Waals surface area contributed by atoms with Crippen LogP contribution in [0.4, 0.5) is 0 Å². The monoisotopic (exact) mass is 442 g/mol. The summed E-state index contributed by atoms with van der Waals surface area (Å²) in [6, 6.07) is 8.97. The van der Waals surface area contributed by atoms with Gasteiger partial charge in [-0.3, -0.25) is 15.4 Å². The van der Waals surface area contributed by atoms with Crippen molar-refractivity contribution in [3.05, 3.63) is 58.3 Å². The number of nitrogens with zero attached hydrogens (tertiary/aromatic N) is 2. The molecule has 4 N–H and O–H groups in total. The number of aromatic nitrogens is 1. The molecule has 0 amide bonds. The summed E-state index contributed by atoms with van der Waals surface area (Å²) in [6.45, 7) is 4.53. The molecule has 0 bridgehead atoms. The first-order valence-electron chi connectivity index (χ1n) is 9.99. The molecule has 0 spiro atoms. The molecule has 0 aliphatic heterocycles. The van der Waals surface area contributed by atoms with E-state index in [0.29, 0.717) is 41.9 Å². The molecule has 0 fully saturated rings. The largest absolute Gasteiger partial charge is 0.493 e. The summed E-state index contributed by atoms with van der Waals surface area (Å²) >= 11 is 6.23. The number of hydrogen-bond donors (Lipinski definition) is 4. The van der Waals surface area contributed by atoms with Gasteiger partial charge in [0.05, 0.1) is 13.2 Å². The van der Waals surface area contributed by atoms with Crippen molar-refractivity contribution in [3.8, 4) is 16.9 Å². The molecule has 0 radical (unpaired) electrons. The number of allylic oxidation sites excluding steroid dienone is 1. The zero-order valence-electron chi connectivity index (χ0n) is 18.8. The van der Waals surface area contributed by atoms with Crippen LogP contribution in [0.25, 0.3) is 11.1 Å². The van der Waals surface area contributed by atoms with Gasteiger partial charge in [0.2, 0.25) is 0 Å². The van der Waals surface area contributed by atoms with Gasteiger partial charge in [-0.2, -0.15) is 0 Å². The number of nitrogens with one attached hydrogen (secondary N) is 4. The van der Waals surface area contributed by atoms with Crippen molar-refractivity contribution >= 4 is 23.1 Å². The predicted octanol–water partition coefficient (Wildman–Crippen LogP) is 3.98. The van der Waals surface area contributed by atoms with Crippen LogP contribution < -0.4 is 15.5 Å². The fraction of sp³-hybridized carbons (Fsp3) is 0.348. The summed E-state index contributed by atoms with van der Waals surface area (Å²) in [4.78, 5) is 1.89. The quantitative estimate of drug-likeness (QED) is 0.349. The van der Waals surface area contributed by atoms with Crippen LogP contribution >= 0.6 is 11.6 Å². The van der Waals surface area contributed by atoms with Crippen molar-refractivity contribution in [1.29, 1.82) is 16.2 Å². The van der Waals surface area contributed by atoms with Crippen LogP contribution in [0.15, 0.2) is 47.8 Å². The summed E-state index contributed by atoms with van der Waals surface area (Å²) in [5.74, 6) is 0.937. The van der Waals surface area contributed by atoms with Crippen LogP contribution in [-0.4, -0.2) is 55.3 Å². The molecule has 1 aromatic heterocycles. The van der Waals surface area contributed by atoms with Crippen LogP contribution in [0.1, 0.15) is 20.3 Å². The second kappa shape index (κ2) is 10.9. The van der Waals surface area contributed by atoms with Gasteiger partial charge in [0.15, 0.2) is 0 Å². The van der Waals surface area contributed by atoms with Crippen LogP contribution in [0.5, 0.6) is 5.75 Å². The molecule has 1 heterocycles. The molecule has 0 atom stereocenters. The Morgan fingerprint density at radius 1 is 1.16 bits per heavy atom. The third-order valence-corrected chi connectivity index (χ3v) is 5.08. The summed E-state index contributed by atoms with van der Waals surface area (Å²) in [6.07, 6.45) is 2.37. The minimum Gasteiger partial charge on any atom is -0.493 e. The maximum atomic E-state index is 8.32. The third kappa shape index (κ3) is 6.54. The molecule has 1 aromatic carbocycles. The second-order valence-corrected chi connectivity index (χ2v) is 8.01. The Balaban J connectivity index is 2.35. The van der Waals surface area contributed by atoms with E-state index < -0.39 is 0 Å². The van der Waals surface area contributed by atoms with Crippen LogP contribution in [0, 0.1) is 16.2 Å². The number of rotatable bonds is 9. The maximum absolute atomic E-state index is 8.32. The van der Waals surface area contributed by atoms with Gasteiger partial charge in [-0.1, -0.05) is 11.6 Å². The third-order valence-electron chi connectivity index (χ3n) is 4.85. The molecule has 0 aliphatic carbocycles. The molecular formula is C23H31ClN6O. The van der Waals surface area contributed by atoms with Crippen molar-refractivity contribution in [3.63, 3.8) is 0 Å². The molecular weight excluding hydrogens is 412 g/mol. The molecule has 166 valence electrons. The molecule has 0 aliphatic rings. The second-order valence-electron chi connectivity index (χ2n) is 7.57.